The van der Waals surface area contributed by atoms with Gasteiger partial charge in [-0.25, -0.2) is 9.97 Å². The summed E-state index contributed by atoms with van der Waals surface area (Å²) in [5.74, 6) is 0.909. The quantitative estimate of drug-likeness (QED) is 0.524. The summed E-state index contributed by atoms with van der Waals surface area (Å²) in [6, 6.07) is 16.6. The van der Waals surface area contributed by atoms with E-state index in [1.54, 1.807) is 0 Å². The van der Waals surface area contributed by atoms with Crippen molar-refractivity contribution < 1.29 is 4.79 Å². The second-order valence-electron chi connectivity index (χ2n) is 6.35. The molecule has 0 spiro atoms. The predicted molar refractivity (Wildman–Crippen MR) is 111 cm³/mol. The summed E-state index contributed by atoms with van der Waals surface area (Å²) in [5, 5.41) is 9.03. The normalized spacial score (nSPS) is 10.4. The maximum Gasteiger partial charge on any atom is 0.227 e. The van der Waals surface area contributed by atoms with Crippen molar-refractivity contribution in [3.05, 3.63) is 66.0 Å². The Kier molecular flexibility index (Phi) is 6.51. The number of hydrogen-bond acceptors (Lipinski definition) is 6. The molecule has 7 heteroatoms. The summed E-state index contributed by atoms with van der Waals surface area (Å²) < 4.78 is 0. The van der Waals surface area contributed by atoms with E-state index in [0.29, 0.717) is 31.5 Å². The number of benzene rings is 2. The van der Waals surface area contributed by atoms with Crippen molar-refractivity contribution in [3.8, 4) is 11.1 Å². The van der Waals surface area contributed by atoms with Crippen LogP contribution < -0.4 is 16.0 Å². The molecule has 0 aliphatic heterocycles. The number of hydrogen-bond donors (Lipinski definition) is 3. The van der Waals surface area contributed by atoms with Crippen LogP contribution >= 0.6 is 0 Å². The van der Waals surface area contributed by atoms with E-state index in [0.717, 1.165) is 0 Å². The molecule has 28 heavy (non-hydrogen) atoms. The Morgan fingerprint density at radius 3 is 2.43 bits per heavy atom. The molecular weight excluding hydrogens is 352 g/mol. The molecule has 2 aromatic carbocycles. The first kappa shape index (κ1) is 19.3. The Morgan fingerprint density at radius 2 is 1.68 bits per heavy atom. The summed E-state index contributed by atoms with van der Waals surface area (Å²) in [6.07, 6.45) is 1.46. The molecule has 0 fully saturated rings. The topological polar surface area (TPSA) is 91.8 Å². The molecule has 0 unspecified atom stereocenters. The Morgan fingerprint density at radius 1 is 0.929 bits per heavy atom. The number of rotatable bonds is 8. The zero-order valence-corrected chi connectivity index (χ0v) is 16.1. The first-order valence-corrected chi connectivity index (χ1v) is 9.18. The predicted octanol–water partition coefficient (Wildman–Crippen LogP) is 3.01. The van der Waals surface area contributed by atoms with E-state index >= 15 is 0 Å². The smallest absolute Gasteiger partial charge is 0.227 e. The van der Waals surface area contributed by atoms with E-state index in [9.17, 15) is 4.79 Å². The van der Waals surface area contributed by atoms with E-state index in [4.69, 9.17) is 0 Å². The number of aromatic nitrogens is 3. The zero-order chi connectivity index (χ0) is 19.8. The second-order valence-corrected chi connectivity index (χ2v) is 6.35. The van der Waals surface area contributed by atoms with Crippen LogP contribution in [0.4, 0.5) is 11.9 Å². The molecule has 1 amide bonds. The average molecular weight is 376 g/mol. The van der Waals surface area contributed by atoms with E-state index in [2.05, 4.69) is 68.2 Å². The minimum Gasteiger partial charge on any atom is -0.355 e. The van der Waals surface area contributed by atoms with Gasteiger partial charge >= 0.3 is 0 Å². The highest BCUT2D eigenvalue weighted by molar-refractivity contribution is 5.72. The van der Waals surface area contributed by atoms with Crippen molar-refractivity contribution in [2.24, 2.45) is 0 Å². The molecule has 1 aromatic heterocycles. The molecule has 0 saturated heterocycles. The van der Waals surface area contributed by atoms with Crippen molar-refractivity contribution in [1.29, 1.82) is 0 Å². The standard InChI is InChI=1S/C21H24N6O/c1-15-18(9-6-10-19(15)17-7-4-3-5-8-17)13-24-21-26-14-25-20(27-21)23-12-11-22-16(2)28/h3-10,14H,11-13H2,1-2H3,(H,22,28)(H2,23,24,25,26,27). The molecule has 7 nitrogen and oxygen atoms in total. The molecule has 0 aliphatic carbocycles. The lowest BCUT2D eigenvalue weighted by molar-refractivity contribution is -0.118. The fourth-order valence-electron chi connectivity index (χ4n) is 2.86. The largest absolute Gasteiger partial charge is 0.355 e. The lowest BCUT2D eigenvalue weighted by atomic mass is 9.96. The third kappa shape index (κ3) is 5.26. The Labute approximate surface area is 164 Å². The van der Waals surface area contributed by atoms with Crippen molar-refractivity contribution in [2.45, 2.75) is 20.4 Å². The van der Waals surface area contributed by atoms with Gasteiger partial charge in [-0.05, 0) is 29.2 Å². The highest BCUT2D eigenvalue weighted by Crippen LogP contribution is 2.25. The summed E-state index contributed by atoms with van der Waals surface area (Å²) in [4.78, 5) is 23.5. The maximum absolute atomic E-state index is 10.9. The van der Waals surface area contributed by atoms with Gasteiger partial charge < -0.3 is 16.0 Å². The Bertz CT molecular complexity index is 929. The van der Waals surface area contributed by atoms with Crippen molar-refractivity contribution >= 4 is 17.8 Å². The third-order valence-electron chi connectivity index (χ3n) is 4.32. The number of nitrogens with one attached hydrogen (secondary N) is 3. The first-order chi connectivity index (χ1) is 13.6. The van der Waals surface area contributed by atoms with Crippen molar-refractivity contribution in [3.63, 3.8) is 0 Å². The van der Waals surface area contributed by atoms with Crippen LogP contribution in [0.1, 0.15) is 18.1 Å². The molecular formula is C21H24N6O. The maximum atomic E-state index is 10.9. The third-order valence-corrected chi connectivity index (χ3v) is 4.32. The second kappa shape index (κ2) is 9.45. The lowest BCUT2D eigenvalue weighted by Crippen LogP contribution is -2.26. The van der Waals surface area contributed by atoms with E-state index in [1.165, 1.54) is 35.5 Å². The van der Waals surface area contributed by atoms with Gasteiger partial charge in [0.15, 0.2) is 0 Å². The van der Waals surface area contributed by atoms with Crippen molar-refractivity contribution in [1.82, 2.24) is 20.3 Å². The fraction of sp³-hybridized carbons (Fsp3) is 0.238. The Balaban J connectivity index is 1.63. The molecule has 0 atom stereocenters. The molecule has 3 rings (SSSR count). The van der Waals surface area contributed by atoms with Gasteiger partial charge in [-0.3, -0.25) is 4.79 Å². The molecule has 144 valence electrons. The van der Waals surface area contributed by atoms with Gasteiger partial charge in [0.1, 0.15) is 6.33 Å². The number of carbonyl (C=O) groups is 1. The van der Waals surface area contributed by atoms with Gasteiger partial charge in [-0.15, -0.1) is 0 Å². The van der Waals surface area contributed by atoms with E-state index in [-0.39, 0.29) is 5.91 Å². The van der Waals surface area contributed by atoms with Crippen LogP contribution in [-0.2, 0) is 11.3 Å². The van der Waals surface area contributed by atoms with Gasteiger partial charge in [-0.2, -0.15) is 4.98 Å². The molecule has 0 bridgehead atoms. The SMILES string of the molecule is CC(=O)NCCNc1ncnc(NCc2cccc(-c3ccccc3)c2C)n1. The molecule has 3 aromatic rings. The highest BCUT2D eigenvalue weighted by Gasteiger charge is 2.07. The zero-order valence-electron chi connectivity index (χ0n) is 16.1. The summed E-state index contributed by atoms with van der Waals surface area (Å²) in [7, 11) is 0. The van der Waals surface area contributed by atoms with Crippen LogP contribution in [-0.4, -0.2) is 33.9 Å². The minimum atomic E-state index is -0.0621. The monoisotopic (exact) mass is 376 g/mol. The van der Waals surface area contributed by atoms with Gasteiger partial charge in [-0.1, -0.05) is 48.5 Å². The summed E-state index contributed by atoms with van der Waals surface area (Å²) >= 11 is 0. The van der Waals surface area contributed by atoms with Crippen LogP contribution in [0.3, 0.4) is 0 Å². The van der Waals surface area contributed by atoms with Gasteiger partial charge in [0.2, 0.25) is 17.8 Å². The number of carbonyl (C=O) groups excluding carboxylic acids is 1. The molecule has 0 radical (unpaired) electrons. The van der Waals surface area contributed by atoms with Crippen LogP contribution in [0.15, 0.2) is 54.9 Å². The van der Waals surface area contributed by atoms with Gasteiger partial charge in [0, 0.05) is 26.6 Å². The van der Waals surface area contributed by atoms with Crippen LogP contribution in [0.5, 0.6) is 0 Å². The Hall–Kier alpha value is -3.48. The first-order valence-electron chi connectivity index (χ1n) is 9.18. The van der Waals surface area contributed by atoms with Crippen LogP contribution in [0, 0.1) is 6.92 Å². The molecule has 0 aliphatic rings. The molecule has 1 heterocycles. The summed E-state index contributed by atoms with van der Waals surface area (Å²) in [6.45, 7) is 5.28. The molecule has 3 N–H and O–H groups in total. The van der Waals surface area contributed by atoms with Crippen LogP contribution in [0.2, 0.25) is 0 Å². The number of nitrogens with zero attached hydrogens (tertiary/aromatic N) is 3. The molecule has 0 saturated carbocycles. The van der Waals surface area contributed by atoms with Crippen molar-refractivity contribution in [2.75, 3.05) is 23.7 Å². The van der Waals surface area contributed by atoms with Gasteiger partial charge in [0.05, 0.1) is 0 Å². The fourth-order valence-corrected chi connectivity index (χ4v) is 2.86. The average Bonchev–Trinajstić information content (AvgIpc) is 2.71. The minimum absolute atomic E-state index is 0.0621. The van der Waals surface area contributed by atoms with E-state index < -0.39 is 0 Å². The number of anilines is 2. The van der Waals surface area contributed by atoms with Crippen LogP contribution in [0.25, 0.3) is 11.1 Å². The number of amides is 1. The lowest BCUT2D eigenvalue weighted by Gasteiger charge is -2.13. The summed E-state index contributed by atoms with van der Waals surface area (Å²) in [5.41, 5.74) is 4.83. The van der Waals surface area contributed by atoms with Gasteiger partial charge in [0.25, 0.3) is 0 Å². The van der Waals surface area contributed by atoms with E-state index in [1.807, 2.05) is 18.2 Å². The highest BCUT2D eigenvalue weighted by atomic mass is 16.1.